The Balaban J connectivity index is 2.34. The van der Waals surface area contributed by atoms with Gasteiger partial charge < -0.3 is 9.47 Å². The molecular weight excluding hydrogens is 228 g/mol. The fourth-order valence-electron chi connectivity index (χ4n) is 1.47. The van der Waals surface area contributed by atoms with Crippen molar-refractivity contribution in [3.63, 3.8) is 0 Å². The van der Waals surface area contributed by atoms with E-state index in [0.717, 1.165) is 17.7 Å². The fourth-order valence-corrected chi connectivity index (χ4v) is 1.64. The number of hydrogen-bond donors (Lipinski definition) is 0. The molecule has 1 heterocycles. The van der Waals surface area contributed by atoms with Crippen molar-refractivity contribution in [2.45, 2.75) is 6.42 Å². The molecule has 0 aromatic heterocycles. The molecule has 0 atom stereocenters. The molecule has 1 aromatic rings. The lowest BCUT2D eigenvalue weighted by Gasteiger charge is -2.08. The summed E-state index contributed by atoms with van der Waals surface area (Å²) in [6.07, 6.45) is 2.83. The molecule has 0 radical (unpaired) electrons. The maximum atomic E-state index is 10.3. The highest BCUT2D eigenvalue weighted by Crippen LogP contribution is 2.33. The largest absolute Gasteiger partial charge is 0.490 e. The molecule has 1 aliphatic heterocycles. The summed E-state index contributed by atoms with van der Waals surface area (Å²) in [4.78, 5) is 10.3. The number of halogens is 1. The molecule has 3 nitrogen and oxygen atoms in total. The molecule has 84 valence electrons. The van der Waals surface area contributed by atoms with Gasteiger partial charge in [-0.05, 0) is 29.8 Å². The first-order valence-corrected chi connectivity index (χ1v) is 5.40. The number of allylic oxidation sites excluding steroid dienone is 1. The van der Waals surface area contributed by atoms with Gasteiger partial charge in [0.2, 0.25) is 0 Å². The minimum absolute atomic E-state index is 0.394. The van der Waals surface area contributed by atoms with Crippen molar-refractivity contribution in [2.24, 2.45) is 0 Å². The molecule has 2 rings (SSSR count). The summed E-state index contributed by atoms with van der Waals surface area (Å²) >= 11 is 5.92. The minimum atomic E-state index is 0.394. The van der Waals surface area contributed by atoms with Crippen LogP contribution in [0.4, 0.5) is 0 Å². The number of carbonyl (C=O) groups excluding carboxylic acids is 1. The average Bonchev–Trinajstić information content (AvgIpc) is 2.53. The summed E-state index contributed by atoms with van der Waals surface area (Å²) in [6, 6.07) is 5.38. The van der Waals surface area contributed by atoms with Gasteiger partial charge in [-0.25, -0.2) is 0 Å². The van der Waals surface area contributed by atoms with E-state index in [4.69, 9.17) is 21.1 Å². The summed E-state index contributed by atoms with van der Waals surface area (Å²) in [7, 11) is 0. The smallest absolute Gasteiger partial charge is 0.161 e. The lowest BCUT2D eigenvalue weighted by Crippen LogP contribution is -1.97. The van der Waals surface area contributed by atoms with Gasteiger partial charge in [0.1, 0.15) is 6.29 Å². The zero-order valence-electron chi connectivity index (χ0n) is 8.61. The van der Waals surface area contributed by atoms with Crippen molar-refractivity contribution in [2.75, 3.05) is 13.2 Å². The van der Waals surface area contributed by atoms with Crippen molar-refractivity contribution in [3.8, 4) is 11.5 Å². The van der Waals surface area contributed by atoms with Crippen LogP contribution in [0.5, 0.6) is 11.5 Å². The van der Waals surface area contributed by atoms with Crippen LogP contribution in [0.3, 0.4) is 0 Å². The topological polar surface area (TPSA) is 35.5 Å². The Bertz CT molecular complexity index is 426. The lowest BCUT2D eigenvalue weighted by atomic mass is 10.2. The van der Waals surface area contributed by atoms with Gasteiger partial charge in [-0.15, -0.1) is 0 Å². The van der Waals surface area contributed by atoms with Gasteiger partial charge in [-0.2, -0.15) is 0 Å². The predicted molar refractivity (Wildman–Crippen MR) is 61.9 cm³/mol. The Hall–Kier alpha value is -1.48. The van der Waals surface area contributed by atoms with Crippen molar-refractivity contribution < 1.29 is 14.3 Å². The van der Waals surface area contributed by atoms with Crippen LogP contribution in [-0.2, 0) is 4.79 Å². The van der Waals surface area contributed by atoms with E-state index in [1.165, 1.54) is 6.08 Å². The zero-order chi connectivity index (χ0) is 11.4. The predicted octanol–water partition coefficient (Wildman–Crippen LogP) is 2.63. The lowest BCUT2D eigenvalue weighted by molar-refractivity contribution is -0.104. The third-order valence-corrected chi connectivity index (χ3v) is 2.58. The van der Waals surface area contributed by atoms with Crippen molar-refractivity contribution in [1.82, 2.24) is 0 Å². The molecule has 0 aliphatic carbocycles. The molecule has 0 amide bonds. The van der Waals surface area contributed by atoms with E-state index in [1.807, 2.05) is 0 Å². The first kappa shape index (κ1) is 11.0. The summed E-state index contributed by atoms with van der Waals surface area (Å²) in [5.74, 6) is 1.39. The van der Waals surface area contributed by atoms with Crippen LogP contribution in [0.1, 0.15) is 12.0 Å². The Morgan fingerprint density at radius 2 is 2.00 bits per heavy atom. The van der Waals surface area contributed by atoms with Crippen LogP contribution in [0.15, 0.2) is 24.3 Å². The van der Waals surface area contributed by atoms with Gasteiger partial charge in [0.25, 0.3) is 0 Å². The van der Waals surface area contributed by atoms with Crippen molar-refractivity contribution in [1.29, 1.82) is 0 Å². The van der Waals surface area contributed by atoms with E-state index < -0.39 is 0 Å². The molecule has 1 aliphatic rings. The number of hydrogen-bond acceptors (Lipinski definition) is 3. The SMILES string of the molecule is O=C/C=C(\Cl)c1ccc2c(c1)OCCCO2. The molecule has 0 saturated carbocycles. The van der Waals surface area contributed by atoms with Crippen molar-refractivity contribution in [3.05, 3.63) is 29.8 Å². The highest BCUT2D eigenvalue weighted by atomic mass is 35.5. The van der Waals surface area contributed by atoms with Crippen LogP contribution in [0, 0.1) is 0 Å². The van der Waals surface area contributed by atoms with E-state index in [1.54, 1.807) is 18.2 Å². The van der Waals surface area contributed by atoms with E-state index in [2.05, 4.69) is 0 Å². The third kappa shape index (κ3) is 2.36. The highest BCUT2D eigenvalue weighted by Gasteiger charge is 2.11. The third-order valence-electron chi connectivity index (χ3n) is 2.24. The van der Waals surface area contributed by atoms with E-state index in [9.17, 15) is 4.79 Å². The summed E-state index contributed by atoms with van der Waals surface area (Å²) in [5.41, 5.74) is 0.748. The standard InChI is InChI=1S/C12H11ClO3/c13-10(4-5-14)9-2-3-11-12(8-9)16-7-1-6-15-11/h2-5,8H,1,6-7H2/b10-4-. The molecule has 0 N–H and O–H groups in total. The van der Waals surface area contributed by atoms with E-state index in [0.29, 0.717) is 30.3 Å². The average molecular weight is 239 g/mol. The maximum Gasteiger partial charge on any atom is 0.161 e. The number of fused-ring (bicyclic) bond motifs is 1. The molecule has 4 heteroatoms. The number of aldehydes is 1. The summed E-state index contributed by atoms with van der Waals surface area (Å²) < 4.78 is 11.0. The first-order chi connectivity index (χ1) is 7.81. The maximum absolute atomic E-state index is 10.3. The normalized spacial score (nSPS) is 15.4. The van der Waals surface area contributed by atoms with Crippen LogP contribution in [0.2, 0.25) is 0 Å². The second-order valence-electron chi connectivity index (χ2n) is 3.36. The molecule has 0 unspecified atom stereocenters. The highest BCUT2D eigenvalue weighted by molar-refractivity contribution is 6.49. The molecule has 0 bridgehead atoms. The fraction of sp³-hybridized carbons (Fsp3) is 0.250. The van der Waals surface area contributed by atoms with Crippen LogP contribution < -0.4 is 9.47 Å². The molecule has 0 spiro atoms. The van der Waals surface area contributed by atoms with Gasteiger partial charge >= 0.3 is 0 Å². The van der Waals surface area contributed by atoms with E-state index in [-0.39, 0.29) is 0 Å². The van der Waals surface area contributed by atoms with Crippen LogP contribution >= 0.6 is 11.6 Å². The molecule has 16 heavy (non-hydrogen) atoms. The Labute approximate surface area is 98.6 Å². The summed E-state index contributed by atoms with van der Waals surface area (Å²) in [6.45, 7) is 1.29. The first-order valence-electron chi connectivity index (χ1n) is 5.02. The van der Waals surface area contributed by atoms with Gasteiger partial charge in [-0.3, -0.25) is 4.79 Å². The number of rotatable bonds is 2. The van der Waals surface area contributed by atoms with E-state index >= 15 is 0 Å². The van der Waals surface area contributed by atoms with Gasteiger partial charge in [0.15, 0.2) is 11.5 Å². The van der Waals surface area contributed by atoms with Crippen LogP contribution in [0.25, 0.3) is 5.03 Å². The Morgan fingerprint density at radius 3 is 2.75 bits per heavy atom. The van der Waals surface area contributed by atoms with Crippen LogP contribution in [-0.4, -0.2) is 19.5 Å². The monoisotopic (exact) mass is 238 g/mol. The quantitative estimate of drug-likeness (QED) is 0.587. The minimum Gasteiger partial charge on any atom is -0.490 e. The number of benzene rings is 1. The number of ether oxygens (including phenoxy) is 2. The molecular formula is C12H11ClO3. The zero-order valence-corrected chi connectivity index (χ0v) is 9.37. The molecule has 1 aromatic carbocycles. The molecule has 0 saturated heterocycles. The van der Waals surface area contributed by atoms with Gasteiger partial charge in [0, 0.05) is 6.42 Å². The Morgan fingerprint density at radius 1 is 1.25 bits per heavy atom. The van der Waals surface area contributed by atoms with Gasteiger partial charge in [-0.1, -0.05) is 11.6 Å². The van der Waals surface area contributed by atoms with Gasteiger partial charge in [0.05, 0.1) is 18.2 Å². The Kier molecular flexibility index (Phi) is 3.47. The van der Waals surface area contributed by atoms with Crippen molar-refractivity contribution >= 4 is 22.9 Å². The summed E-state index contributed by atoms with van der Waals surface area (Å²) in [5, 5.41) is 0.394. The second kappa shape index (κ2) is 5.03. The molecule has 0 fully saturated rings. The number of carbonyl (C=O) groups is 1. The second-order valence-corrected chi connectivity index (χ2v) is 3.77.